The summed E-state index contributed by atoms with van der Waals surface area (Å²) in [6.07, 6.45) is 0. The van der Waals surface area contributed by atoms with Crippen molar-refractivity contribution in [1.82, 2.24) is 10.2 Å². The molecule has 0 fully saturated rings. The summed E-state index contributed by atoms with van der Waals surface area (Å²) in [7, 11) is 0. The van der Waals surface area contributed by atoms with Crippen LogP contribution in [0.3, 0.4) is 0 Å². The molecule has 1 aromatic heterocycles. The predicted octanol–water partition coefficient (Wildman–Crippen LogP) is 2.68. The first-order chi connectivity index (χ1) is 12.5. The molecule has 0 aliphatic heterocycles. The number of hydrogen-bond donors (Lipinski definition) is 2. The maximum atomic E-state index is 12.2. The fourth-order valence-corrected chi connectivity index (χ4v) is 2.56. The highest BCUT2D eigenvalue weighted by Gasteiger charge is 2.17. The number of nitrogens with zero attached hydrogens (tertiary/aromatic N) is 1. The molecule has 0 unspecified atom stereocenters. The van der Waals surface area contributed by atoms with E-state index in [9.17, 15) is 14.4 Å². The Balaban J connectivity index is 1.71. The third kappa shape index (κ3) is 3.73. The van der Waals surface area contributed by atoms with Gasteiger partial charge in [0.2, 0.25) is 0 Å². The Labute approximate surface area is 152 Å². The average molecular weight is 372 g/mol. The summed E-state index contributed by atoms with van der Waals surface area (Å²) in [5, 5.41) is 9.75. The van der Waals surface area contributed by atoms with Crippen molar-refractivity contribution in [1.29, 1.82) is 0 Å². The summed E-state index contributed by atoms with van der Waals surface area (Å²) in [6, 6.07) is 11.6. The molecular weight excluding hydrogens is 358 g/mol. The Morgan fingerprint density at radius 3 is 2.69 bits per heavy atom. The number of benzene rings is 2. The van der Waals surface area contributed by atoms with Crippen LogP contribution < -0.4 is 10.9 Å². The summed E-state index contributed by atoms with van der Waals surface area (Å²) < 4.78 is 5.01. The number of hydrogen-bond acceptors (Lipinski definition) is 5. The van der Waals surface area contributed by atoms with Crippen molar-refractivity contribution >= 4 is 39.9 Å². The first kappa shape index (κ1) is 17.6. The first-order valence-corrected chi connectivity index (χ1v) is 8.04. The van der Waals surface area contributed by atoms with E-state index < -0.39 is 24.0 Å². The molecule has 8 heteroatoms. The highest BCUT2D eigenvalue weighted by molar-refractivity contribution is 6.31. The number of ether oxygens (including phenoxy) is 1. The van der Waals surface area contributed by atoms with Crippen LogP contribution in [0.5, 0.6) is 0 Å². The smallest absolute Gasteiger partial charge is 0.359 e. The van der Waals surface area contributed by atoms with Gasteiger partial charge in [-0.25, -0.2) is 9.89 Å². The molecule has 0 aliphatic rings. The van der Waals surface area contributed by atoms with Crippen LogP contribution in [-0.4, -0.2) is 28.7 Å². The van der Waals surface area contributed by atoms with Crippen LogP contribution >= 0.6 is 11.6 Å². The number of fused-ring (bicyclic) bond motifs is 1. The van der Waals surface area contributed by atoms with Gasteiger partial charge in [0.1, 0.15) is 0 Å². The van der Waals surface area contributed by atoms with Crippen LogP contribution in [0.25, 0.3) is 10.8 Å². The molecule has 0 saturated carbocycles. The number of halogens is 1. The number of amides is 1. The van der Waals surface area contributed by atoms with Gasteiger partial charge in [-0.2, -0.15) is 5.10 Å². The van der Waals surface area contributed by atoms with Crippen molar-refractivity contribution in [3.05, 3.63) is 69.1 Å². The number of carbonyl (C=O) groups excluding carboxylic acids is 2. The molecule has 26 heavy (non-hydrogen) atoms. The van der Waals surface area contributed by atoms with Gasteiger partial charge in [-0.1, -0.05) is 35.9 Å². The summed E-state index contributed by atoms with van der Waals surface area (Å²) in [5.41, 5.74) is 0.881. The second kappa shape index (κ2) is 7.37. The topological polar surface area (TPSA) is 101 Å². The van der Waals surface area contributed by atoms with Gasteiger partial charge >= 0.3 is 5.97 Å². The zero-order chi connectivity index (χ0) is 18.7. The molecule has 0 atom stereocenters. The van der Waals surface area contributed by atoms with Crippen LogP contribution in [0, 0.1) is 6.92 Å². The minimum absolute atomic E-state index is 0.0630. The SMILES string of the molecule is Cc1ccc(Cl)cc1NC(=O)COC(=O)c1n[nH]c(=O)c2ccccc12. The van der Waals surface area contributed by atoms with Crippen LogP contribution in [0.2, 0.25) is 5.02 Å². The minimum Gasteiger partial charge on any atom is -0.451 e. The van der Waals surface area contributed by atoms with Crippen LogP contribution in [0.1, 0.15) is 16.1 Å². The molecule has 132 valence electrons. The highest BCUT2D eigenvalue weighted by Crippen LogP contribution is 2.20. The lowest BCUT2D eigenvalue weighted by Crippen LogP contribution is -2.23. The van der Waals surface area contributed by atoms with Crippen LogP contribution in [-0.2, 0) is 9.53 Å². The van der Waals surface area contributed by atoms with E-state index in [2.05, 4.69) is 15.5 Å². The van der Waals surface area contributed by atoms with Crippen molar-refractivity contribution in [2.75, 3.05) is 11.9 Å². The molecule has 2 aromatic carbocycles. The van der Waals surface area contributed by atoms with Crippen molar-refractivity contribution < 1.29 is 14.3 Å². The number of anilines is 1. The molecule has 0 radical (unpaired) electrons. The van der Waals surface area contributed by atoms with Crippen molar-refractivity contribution in [2.45, 2.75) is 6.92 Å². The second-order valence-electron chi connectivity index (χ2n) is 5.53. The van der Waals surface area contributed by atoms with E-state index in [4.69, 9.17) is 16.3 Å². The Bertz CT molecular complexity index is 1060. The largest absolute Gasteiger partial charge is 0.451 e. The molecule has 0 saturated heterocycles. The van der Waals surface area contributed by atoms with Gasteiger partial charge in [-0.3, -0.25) is 9.59 Å². The number of H-pyrrole nitrogens is 1. The lowest BCUT2D eigenvalue weighted by atomic mass is 10.1. The molecule has 0 aliphatic carbocycles. The van der Waals surface area contributed by atoms with Gasteiger partial charge in [0.05, 0.1) is 5.39 Å². The number of aromatic amines is 1. The lowest BCUT2D eigenvalue weighted by molar-refractivity contribution is -0.119. The van der Waals surface area contributed by atoms with E-state index in [1.165, 1.54) is 0 Å². The maximum Gasteiger partial charge on any atom is 0.359 e. The second-order valence-corrected chi connectivity index (χ2v) is 5.97. The normalized spacial score (nSPS) is 10.5. The molecule has 0 bridgehead atoms. The number of carbonyl (C=O) groups is 2. The molecule has 0 spiro atoms. The lowest BCUT2D eigenvalue weighted by Gasteiger charge is -2.09. The molecule has 3 rings (SSSR count). The van der Waals surface area contributed by atoms with Crippen LogP contribution in [0.4, 0.5) is 5.69 Å². The molecule has 1 heterocycles. The molecule has 3 aromatic rings. The first-order valence-electron chi connectivity index (χ1n) is 7.66. The van der Waals surface area contributed by atoms with Crippen molar-refractivity contribution in [3.63, 3.8) is 0 Å². The summed E-state index contributed by atoms with van der Waals surface area (Å²) in [6.45, 7) is 1.31. The molecule has 2 N–H and O–H groups in total. The number of rotatable bonds is 4. The average Bonchev–Trinajstić information content (AvgIpc) is 2.63. The standard InChI is InChI=1S/C18H14ClN3O4/c1-10-6-7-11(19)8-14(10)20-15(23)9-26-18(25)16-12-4-2-3-5-13(12)17(24)22-21-16/h2-8H,9H2,1H3,(H,20,23)(H,22,24). The van der Waals surface area contributed by atoms with E-state index in [1.807, 2.05) is 6.92 Å². The van der Waals surface area contributed by atoms with E-state index in [-0.39, 0.29) is 5.69 Å². The van der Waals surface area contributed by atoms with Crippen molar-refractivity contribution in [2.24, 2.45) is 0 Å². The predicted molar refractivity (Wildman–Crippen MR) is 97.5 cm³/mol. The molecule has 1 amide bonds. The van der Waals surface area contributed by atoms with Crippen LogP contribution in [0.15, 0.2) is 47.3 Å². The maximum absolute atomic E-state index is 12.2. The summed E-state index contributed by atoms with van der Waals surface area (Å²) >= 11 is 5.90. The number of aryl methyl sites for hydroxylation is 1. The van der Waals surface area contributed by atoms with Gasteiger partial charge in [0, 0.05) is 16.1 Å². The molecule has 7 nitrogen and oxygen atoms in total. The van der Waals surface area contributed by atoms with Crippen molar-refractivity contribution in [3.8, 4) is 0 Å². The van der Waals surface area contributed by atoms with E-state index in [0.29, 0.717) is 21.5 Å². The third-order valence-electron chi connectivity index (χ3n) is 3.70. The quantitative estimate of drug-likeness (QED) is 0.686. The fourth-order valence-electron chi connectivity index (χ4n) is 2.38. The van der Waals surface area contributed by atoms with E-state index in [0.717, 1.165) is 5.56 Å². The highest BCUT2D eigenvalue weighted by atomic mass is 35.5. The van der Waals surface area contributed by atoms with E-state index >= 15 is 0 Å². The Kier molecular flexibility index (Phi) is 4.99. The van der Waals surface area contributed by atoms with Gasteiger partial charge in [-0.05, 0) is 30.7 Å². The number of nitrogens with one attached hydrogen (secondary N) is 2. The Hall–Kier alpha value is -3.19. The zero-order valence-electron chi connectivity index (χ0n) is 13.7. The van der Waals surface area contributed by atoms with Gasteiger partial charge in [0.25, 0.3) is 11.5 Å². The van der Waals surface area contributed by atoms with Gasteiger partial charge in [-0.15, -0.1) is 0 Å². The molecular formula is C18H14ClN3O4. The monoisotopic (exact) mass is 371 g/mol. The summed E-state index contributed by atoms with van der Waals surface area (Å²) in [4.78, 5) is 36.0. The third-order valence-corrected chi connectivity index (χ3v) is 3.93. The van der Waals surface area contributed by atoms with E-state index in [1.54, 1.807) is 42.5 Å². The van der Waals surface area contributed by atoms with Gasteiger partial charge in [0.15, 0.2) is 12.3 Å². The summed E-state index contributed by atoms with van der Waals surface area (Å²) in [5.74, 6) is -1.33. The Morgan fingerprint density at radius 2 is 1.92 bits per heavy atom. The fraction of sp³-hybridized carbons (Fsp3) is 0.111. The van der Waals surface area contributed by atoms with Gasteiger partial charge < -0.3 is 10.1 Å². The minimum atomic E-state index is -0.810. The number of esters is 1. The number of aromatic nitrogens is 2. The Morgan fingerprint density at radius 1 is 1.19 bits per heavy atom. The zero-order valence-corrected chi connectivity index (χ0v) is 14.5.